The Balaban J connectivity index is 2.31. The zero-order valence-corrected chi connectivity index (χ0v) is 14.7. The fourth-order valence-electron chi connectivity index (χ4n) is 2.54. The van der Waals surface area contributed by atoms with Gasteiger partial charge >= 0.3 is 0 Å². The first-order valence-corrected chi connectivity index (χ1v) is 7.88. The van der Waals surface area contributed by atoms with Crippen molar-refractivity contribution >= 4 is 21.7 Å². The molecule has 21 heavy (non-hydrogen) atoms. The number of aromatic nitrogens is 1. The predicted molar refractivity (Wildman–Crippen MR) is 92.7 cm³/mol. The van der Waals surface area contributed by atoms with Crippen LogP contribution in [0.5, 0.6) is 0 Å². The zero-order chi connectivity index (χ0) is 15.4. The van der Waals surface area contributed by atoms with E-state index in [0.29, 0.717) is 0 Å². The van der Waals surface area contributed by atoms with Crippen molar-refractivity contribution in [3.05, 3.63) is 57.2 Å². The van der Waals surface area contributed by atoms with E-state index in [1.165, 1.54) is 16.7 Å². The van der Waals surface area contributed by atoms with E-state index in [1.807, 2.05) is 20.0 Å². The first-order chi connectivity index (χ1) is 10.0. The lowest BCUT2D eigenvalue weighted by atomic mass is 10.1. The number of hydrogen-bond donors (Lipinski definition) is 1. The first-order valence-electron chi connectivity index (χ1n) is 7.08. The van der Waals surface area contributed by atoms with Crippen molar-refractivity contribution in [1.29, 1.82) is 0 Å². The maximum Gasteiger partial charge on any atom is 0.133 e. The summed E-state index contributed by atoms with van der Waals surface area (Å²) in [5, 5.41) is 3.24. The van der Waals surface area contributed by atoms with E-state index >= 15 is 0 Å². The second kappa shape index (κ2) is 7.05. The number of aryl methyl sites for hydroxylation is 2. The zero-order valence-electron chi connectivity index (χ0n) is 13.1. The summed E-state index contributed by atoms with van der Waals surface area (Å²) >= 11 is 3.53. The Kier molecular flexibility index (Phi) is 5.37. The van der Waals surface area contributed by atoms with Gasteiger partial charge in [0, 0.05) is 35.9 Å². The summed E-state index contributed by atoms with van der Waals surface area (Å²) in [6.07, 6.45) is 0. The van der Waals surface area contributed by atoms with Crippen LogP contribution in [0.15, 0.2) is 34.8 Å². The lowest BCUT2D eigenvalue weighted by molar-refractivity contribution is 0.786. The Morgan fingerprint density at radius 3 is 2.67 bits per heavy atom. The number of pyridine rings is 1. The molecular weight excluding hydrogens is 326 g/mol. The van der Waals surface area contributed by atoms with Gasteiger partial charge in [0.25, 0.3) is 0 Å². The normalized spacial score (nSPS) is 10.7. The van der Waals surface area contributed by atoms with Crippen LogP contribution in [0, 0.1) is 13.8 Å². The second-order valence-corrected chi connectivity index (χ2v) is 6.31. The van der Waals surface area contributed by atoms with Gasteiger partial charge in [0.1, 0.15) is 5.82 Å². The first kappa shape index (κ1) is 16.0. The fourth-order valence-corrected chi connectivity index (χ4v) is 2.99. The molecule has 0 amide bonds. The van der Waals surface area contributed by atoms with Gasteiger partial charge in [0.2, 0.25) is 0 Å². The summed E-state index contributed by atoms with van der Waals surface area (Å²) < 4.78 is 1.11. The summed E-state index contributed by atoms with van der Waals surface area (Å²) in [5.41, 5.74) is 4.88. The molecule has 4 heteroatoms. The minimum Gasteiger partial charge on any atom is -0.355 e. The number of anilines is 1. The van der Waals surface area contributed by atoms with Crippen LogP contribution in [0.4, 0.5) is 5.82 Å². The summed E-state index contributed by atoms with van der Waals surface area (Å²) in [4.78, 5) is 6.96. The van der Waals surface area contributed by atoms with Crippen LogP contribution in [0.1, 0.15) is 22.4 Å². The molecule has 0 aliphatic carbocycles. The van der Waals surface area contributed by atoms with E-state index in [2.05, 4.69) is 64.4 Å². The number of benzene rings is 1. The van der Waals surface area contributed by atoms with Crippen molar-refractivity contribution < 1.29 is 0 Å². The average Bonchev–Trinajstić information content (AvgIpc) is 2.41. The largest absolute Gasteiger partial charge is 0.355 e. The van der Waals surface area contributed by atoms with E-state index in [4.69, 9.17) is 4.98 Å². The number of hydrogen-bond acceptors (Lipinski definition) is 3. The molecule has 0 saturated carbocycles. The molecule has 0 aliphatic rings. The molecule has 0 fully saturated rings. The molecule has 1 heterocycles. The van der Waals surface area contributed by atoms with E-state index in [1.54, 1.807) is 0 Å². The van der Waals surface area contributed by atoms with E-state index < -0.39 is 0 Å². The third kappa shape index (κ3) is 4.05. The molecule has 2 aromatic rings. The highest BCUT2D eigenvalue weighted by Gasteiger charge is 2.13. The number of halogens is 1. The molecule has 112 valence electrons. The monoisotopic (exact) mass is 347 g/mol. The maximum absolute atomic E-state index is 4.75. The number of nitrogens with zero attached hydrogens (tertiary/aromatic N) is 2. The van der Waals surface area contributed by atoms with Crippen LogP contribution < -0.4 is 10.2 Å². The molecule has 0 atom stereocenters. The van der Waals surface area contributed by atoms with Crippen LogP contribution in [-0.2, 0) is 13.1 Å². The summed E-state index contributed by atoms with van der Waals surface area (Å²) in [6, 6.07) is 10.5. The number of nitrogens with one attached hydrogen (secondary N) is 1. The lowest BCUT2D eigenvalue weighted by Crippen LogP contribution is -2.22. The summed E-state index contributed by atoms with van der Waals surface area (Å²) in [7, 11) is 4.07. The Morgan fingerprint density at radius 1 is 1.24 bits per heavy atom. The molecule has 3 nitrogen and oxygen atoms in total. The topological polar surface area (TPSA) is 28.2 Å². The van der Waals surface area contributed by atoms with Crippen molar-refractivity contribution in [1.82, 2.24) is 10.3 Å². The molecule has 0 aliphatic heterocycles. The molecule has 0 bridgehead atoms. The van der Waals surface area contributed by atoms with Gasteiger partial charge in [-0.25, -0.2) is 4.98 Å². The van der Waals surface area contributed by atoms with Crippen molar-refractivity contribution in [2.45, 2.75) is 26.9 Å². The van der Waals surface area contributed by atoms with Crippen molar-refractivity contribution in [2.24, 2.45) is 0 Å². The highest BCUT2D eigenvalue weighted by atomic mass is 79.9. The van der Waals surface area contributed by atoms with Crippen molar-refractivity contribution in [3.8, 4) is 0 Å². The van der Waals surface area contributed by atoms with Gasteiger partial charge in [-0.3, -0.25) is 0 Å². The van der Waals surface area contributed by atoms with E-state index in [9.17, 15) is 0 Å². The molecule has 1 aromatic heterocycles. The third-order valence-corrected chi connectivity index (χ3v) is 3.97. The van der Waals surface area contributed by atoms with Gasteiger partial charge in [-0.05, 0) is 50.2 Å². The molecule has 0 unspecified atom stereocenters. The molecule has 0 spiro atoms. The van der Waals surface area contributed by atoms with Crippen LogP contribution >= 0.6 is 15.9 Å². The molecule has 2 rings (SSSR count). The quantitative estimate of drug-likeness (QED) is 0.891. The summed E-state index contributed by atoms with van der Waals surface area (Å²) in [5.74, 6) is 1.06. The van der Waals surface area contributed by atoms with Gasteiger partial charge in [-0.1, -0.05) is 28.1 Å². The van der Waals surface area contributed by atoms with Crippen LogP contribution in [-0.4, -0.2) is 19.1 Å². The van der Waals surface area contributed by atoms with Crippen molar-refractivity contribution in [2.75, 3.05) is 19.0 Å². The molecular formula is C17H22BrN3. The minimum absolute atomic E-state index is 0.831. The Bertz CT molecular complexity index is 625. The molecule has 0 saturated heterocycles. The SMILES string of the molecule is CNCc1c(C)cc(C)nc1N(C)Cc1cccc(Br)c1. The van der Waals surface area contributed by atoms with E-state index in [-0.39, 0.29) is 0 Å². The Hall–Kier alpha value is -1.39. The van der Waals surface area contributed by atoms with Gasteiger partial charge in [0.15, 0.2) is 0 Å². The van der Waals surface area contributed by atoms with E-state index in [0.717, 1.165) is 29.1 Å². The van der Waals surface area contributed by atoms with Gasteiger partial charge in [-0.2, -0.15) is 0 Å². The predicted octanol–water partition coefficient (Wildman–Crippen LogP) is 3.82. The van der Waals surface area contributed by atoms with Crippen LogP contribution in [0.2, 0.25) is 0 Å². The van der Waals surface area contributed by atoms with Gasteiger partial charge < -0.3 is 10.2 Å². The Labute approximate surface area is 135 Å². The summed E-state index contributed by atoms with van der Waals surface area (Å²) in [6.45, 7) is 5.87. The van der Waals surface area contributed by atoms with Gasteiger partial charge in [-0.15, -0.1) is 0 Å². The second-order valence-electron chi connectivity index (χ2n) is 5.40. The highest BCUT2D eigenvalue weighted by Crippen LogP contribution is 2.23. The minimum atomic E-state index is 0.831. The standard InChI is InChI=1S/C17H22BrN3/c1-12-8-13(2)20-17(16(12)10-19-3)21(4)11-14-6-5-7-15(18)9-14/h5-9,19H,10-11H2,1-4H3. The highest BCUT2D eigenvalue weighted by molar-refractivity contribution is 9.10. The van der Waals surface area contributed by atoms with Gasteiger partial charge in [0.05, 0.1) is 0 Å². The third-order valence-electron chi connectivity index (χ3n) is 3.48. The lowest BCUT2D eigenvalue weighted by Gasteiger charge is -2.23. The molecule has 0 radical (unpaired) electrons. The van der Waals surface area contributed by atoms with Crippen LogP contribution in [0.3, 0.4) is 0 Å². The molecule has 1 aromatic carbocycles. The molecule has 1 N–H and O–H groups in total. The number of rotatable bonds is 5. The van der Waals surface area contributed by atoms with Crippen LogP contribution in [0.25, 0.3) is 0 Å². The fraction of sp³-hybridized carbons (Fsp3) is 0.353. The average molecular weight is 348 g/mol. The Morgan fingerprint density at radius 2 is 2.00 bits per heavy atom. The smallest absolute Gasteiger partial charge is 0.133 e. The maximum atomic E-state index is 4.75. The van der Waals surface area contributed by atoms with Crippen molar-refractivity contribution in [3.63, 3.8) is 0 Å².